The molecule has 2 rings (SSSR count). The van der Waals surface area contributed by atoms with Crippen molar-refractivity contribution in [3.05, 3.63) is 47.5 Å². The van der Waals surface area contributed by atoms with Crippen LogP contribution in [0.3, 0.4) is 0 Å². The van der Waals surface area contributed by atoms with Crippen molar-refractivity contribution in [3.63, 3.8) is 0 Å². The highest BCUT2D eigenvalue weighted by atomic mass is 35.5. The molecule has 1 heterocycles. The highest BCUT2D eigenvalue weighted by molar-refractivity contribution is 6.31. The minimum atomic E-state index is -0.434. The quantitative estimate of drug-likeness (QED) is 0.528. The maximum Gasteiger partial charge on any atom is 0.292 e. The first-order chi connectivity index (χ1) is 8.97. The van der Waals surface area contributed by atoms with E-state index in [-0.39, 0.29) is 6.54 Å². The fourth-order valence-corrected chi connectivity index (χ4v) is 1.85. The van der Waals surface area contributed by atoms with E-state index in [2.05, 4.69) is 0 Å². The van der Waals surface area contributed by atoms with Crippen molar-refractivity contribution in [2.75, 3.05) is 5.06 Å². The van der Waals surface area contributed by atoms with Gasteiger partial charge in [0.05, 0.1) is 12.7 Å². The van der Waals surface area contributed by atoms with Crippen molar-refractivity contribution in [3.8, 4) is 0 Å². The Balaban J connectivity index is 2.12. The second kappa shape index (κ2) is 5.42. The normalized spacial score (nSPS) is 10.5. The van der Waals surface area contributed by atoms with Crippen LogP contribution in [0.2, 0.25) is 5.02 Å². The van der Waals surface area contributed by atoms with E-state index < -0.39 is 5.91 Å². The number of benzene rings is 1. The first kappa shape index (κ1) is 13.6. The van der Waals surface area contributed by atoms with Crippen LogP contribution in [0.4, 0.5) is 5.69 Å². The number of anilines is 1. The molecule has 0 aliphatic heterocycles. The predicted octanol–water partition coefficient (Wildman–Crippen LogP) is 1.70. The minimum absolute atomic E-state index is 0.0584. The lowest BCUT2D eigenvalue weighted by Gasteiger charge is -2.14. The molecule has 0 bridgehead atoms. The number of hydrogen-bond acceptors (Lipinski definition) is 2. The molecule has 100 valence electrons. The van der Waals surface area contributed by atoms with Gasteiger partial charge in [-0.15, -0.1) is 0 Å². The SMILES string of the molecule is Cc1ccc(N(O)C(=O)Cn2cc[n+](C)c2)cc1Cl. The summed E-state index contributed by atoms with van der Waals surface area (Å²) in [5.41, 5.74) is 1.25. The highest BCUT2D eigenvalue weighted by Gasteiger charge is 2.17. The van der Waals surface area contributed by atoms with E-state index in [1.807, 2.05) is 24.7 Å². The summed E-state index contributed by atoms with van der Waals surface area (Å²) in [5.74, 6) is -0.434. The van der Waals surface area contributed by atoms with E-state index in [4.69, 9.17) is 11.6 Å². The molecule has 0 saturated heterocycles. The lowest BCUT2D eigenvalue weighted by Crippen LogP contribution is -2.31. The van der Waals surface area contributed by atoms with E-state index in [9.17, 15) is 10.0 Å². The van der Waals surface area contributed by atoms with Crippen molar-refractivity contribution in [1.82, 2.24) is 4.57 Å². The van der Waals surface area contributed by atoms with Gasteiger partial charge in [-0.25, -0.2) is 9.13 Å². The fraction of sp³-hybridized carbons (Fsp3) is 0.231. The third-order valence-corrected chi connectivity index (χ3v) is 3.18. The van der Waals surface area contributed by atoms with Gasteiger partial charge >= 0.3 is 0 Å². The number of rotatable bonds is 3. The molecule has 0 unspecified atom stereocenters. The van der Waals surface area contributed by atoms with E-state index in [0.717, 1.165) is 5.56 Å². The molecule has 0 aliphatic rings. The number of aromatic nitrogens is 2. The molecular weight excluding hydrogens is 266 g/mol. The molecule has 19 heavy (non-hydrogen) atoms. The largest absolute Gasteiger partial charge is 0.292 e. The molecule has 0 saturated carbocycles. The third-order valence-electron chi connectivity index (χ3n) is 2.78. The van der Waals surface area contributed by atoms with Crippen molar-refractivity contribution < 1.29 is 14.6 Å². The van der Waals surface area contributed by atoms with Crippen molar-refractivity contribution in [2.24, 2.45) is 7.05 Å². The molecule has 1 amide bonds. The zero-order chi connectivity index (χ0) is 14.0. The van der Waals surface area contributed by atoms with Crippen LogP contribution in [-0.2, 0) is 18.4 Å². The summed E-state index contributed by atoms with van der Waals surface area (Å²) in [6.07, 6.45) is 5.33. The lowest BCUT2D eigenvalue weighted by atomic mass is 10.2. The van der Waals surface area contributed by atoms with Crippen LogP contribution in [-0.4, -0.2) is 15.7 Å². The molecule has 0 radical (unpaired) electrons. The van der Waals surface area contributed by atoms with E-state index in [1.54, 1.807) is 35.3 Å². The second-order valence-corrected chi connectivity index (χ2v) is 4.80. The number of aryl methyl sites for hydroxylation is 2. The number of nitrogens with zero attached hydrogens (tertiary/aromatic N) is 3. The van der Waals surface area contributed by atoms with E-state index >= 15 is 0 Å². The molecule has 6 heteroatoms. The molecule has 5 nitrogen and oxygen atoms in total. The average molecular weight is 281 g/mol. The summed E-state index contributed by atoms with van der Waals surface area (Å²) in [5, 5.41) is 11.0. The smallest absolute Gasteiger partial charge is 0.281 e. The summed E-state index contributed by atoms with van der Waals surface area (Å²) < 4.78 is 3.50. The van der Waals surface area contributed by atoms with Gasteiger partial charge in [-0.3, -0.25) is 10.0 Å². The Morgan fingerprint density at radius 2 is 2.26 bits per heavy atom. The Hall–Kier alpha value is -1.85. The van der Waals surface area contributed by atoms with Gasteiger partial charge in [0.15, 0.2) is 6.54 Å². The molecule has 1 aromatic carbocycles. The topological polar surface area (TPSA) is 49.4 Å². The molecule has 1 aromatic heterocycles. The van der Waals surface area contributed by atoms with Crippen LogP contribution >= 0.6 is 11.6 Å². The summed E-state index contributed by atoms with van der Waals surface area (Å²) in [4.78, 5) is 11.9. The van der Waals surface area contributed by atoms with Crippen LogP contribution in [0.1, 0.15) is 5.56 Å². The summed E-state index contributed by atoms with van der Waals surface area (Å²) >= 11 is 5.97. The van der Waals surface area contributed by atoms with E-state index in [1.165, 1.54) is 0 Å². The van der Waals surface area contributed by atoms with Gasteiger partial charge in [0.2, 0.25) is 6.33 Å². The van der Waals surface area contributed by atoms with Crippen LogP contribution in [0.15, 0.2) is 36.9 Å². The van der Waals surface area contributed by atoms with Gasteiger partial charge in [0.25, 0.3) is 5.91 Å². The number of carbonyl (C=O) groups excluding carboxylic acids is 1. The van der Waals surface area contributed by atoms with Gasteiger partial charge < -0.3 is 0 Å². The summed E-state index contributed by atoms with van der Waals surface area (Å²) in [7, 11) is 1.86. The Morgan fingerprint density at radius 1 is 1.53 bits per heavy atom. The average Bonchev–Trinajstić information content (AvgIpc) is 2.77. The summed E-state index contributed by atoms with van der Waals surface area (Å²) in [6, 6.07) is 4.96. The number of imidazole rings is 1. The standard InChI is InChI=1S/C13H15ClN3O2/c1-10-3-4-11(7-12(10)14)17(19)13(18)8-16-6-5-15(2)9-16/h3-7,9,19H,8H2,1-2H3/q+1. The van der Waals surface area contributed by atoms with Gasteiger partial charge in [0.1, 0.15) is 12.4 Å². The zero-order valence-corrected chi connectivity index (χ0v) is 11.5. The Kier molecular flexibility index (Phi) is 3.87. The van der Waals surface area contributed by atoms with Gasteiger partial charge in [-0.1, -0.05) is 17.7 Å². The van der Waals surface area contributed by atoms with Crippen LogP contribution in [0, 0.1) is 6.92 Å². The monoisotopic (exact) mass is 280 g/mol. The molecule has 0 aliphatic carbocycles. The second-order valence-electron chi connectivity index (χ2n) is 4.39. The van der Waals surface area contributed by atoms with Crippen molar-refractivity contribution in [2.45, 2.75) is 13.5 Å². The predicted molar refractivity (Wildman–Crippen MR) is 71.1 cm³/mol. The third kappa shape index (κ3) is 3.13. The maximum absolute atomic E-state index is 11.9. The highest BCUT2D eigenvalue weighted by Crippen LogP contribution is 2.22. The van der Waals surface area contributed by atoms with Gasteiger partial charge in [-0.2, -0.15) is 5.06 Å². The number of amides is 1. The molecule has 1 N–H and O–H groups in total. The number of hydroxylamine groups is 1. The van der Waals surface area contributed by atoms with Crippen molar-refractivity contribution >= 4 is 23.2 Å². The maximum atomic E-state index is 11.9. The van der Waals surface area contributed by atoms with Gasteiger partial charge in [0, 0.05) is 5.02 Å². The molecule has 0 atom stereocenters. The van der Waals surface area contributed by atoms with Gasteiger partial charge in [-0.05, 0) is 24.6 Å². The fourth-order valence-electron chi connectivity index (χ4n) is 1.68. The van der Waals surface area contributed by atoms with E-state index in [0.29, 0.717) is 15.8 Å². The first-order valence-corrected chi connectivity index (χ1v) is 6.14. The lowest BCUT2D eigenvalue weighted by molar-refractivity contribution is -0.671. The minimum Gasteiger partial charge on any atom is -0.281 e. The zero-order valence-electron chi connectivity index (χ0n) is 10.7. The molecule has 0 fully saturated rings. The Bertz CT molecular complexity index is 610. The number of hydrogen-bond donors (Lipinski definition) is 1. The Morgan fingerprint density at radius 3 is 2.84 bits per heavy atom. The Labute approximate surface area is 116 Å². The summed E-state index contributed by atoms with van der Waals surface area (Å²) in [6.45, 7) is 1.91. The van der Waals surface area contributed by atoms with Crippen LogP contribution in [0.25, 0.3) is 0 Å². The molecule has 2 aromatic rings. The van der Waals surface area contributed by atoms with Crippen LogP contribution < -0.4 is 9.63 Å². The number of carbonyl (C=O) groups is 1. The molecule has 0 spiro atoms. The molecular formula is C13H15ClN3O2+. The first-order valence-electron chi connectivity index (χ1n) is 5.76. The van der Waals surface area contributed by atoms with Crippen LogP contribution in [0.5, 0.6) is 0 Å². The van der Waals surface area contributed by atoms with Crippen molar-refractivity contribution in [1.29, 1.82) is 0 Å². The number of halogens is 1.